The van der Waals surface area contributed by atoms with Crippen molar-refractivity contribution in [2.75, 3.05) is 9.80 Å². The van der Waals surface area contributed by atoms with Gasteiger partial charge in [-0.3, -0.25) is 0 Å². The Morgan fingerprint density at radius 1 is 0.383 bits per heavy atom. The maximum absolute atomic E-state index is 7.44. The summed E-state index contributed by atoms with van der Waals surface area (Å²) in [5, 5.41) is 0. The number of ether oxygens (including phenoxy) is 1. The molecule has 1 spiro atoms. The number of benzene rings is 12. The zero-order valence-corrected chi connectivity index (χ0v) is 55.5. The molecule has 0 saturated carbocycles. The molecule has 94 heavy (non-hydrogen) atoms. The van der Waals surface area contributed by atoms with Crippen LogP contribution in [0.3, 0.4) is 0 Å². The number of hydrogen-bond acceptors (Lipinski definition) is 4. The molecule has 16 rings (SSSR count). The fourth-order valence-corrected chi connectivity index (χ4v) is 15.3. The van der Waals surface area contributed by atoms with Crippen LogP contribution in [0.2, 0.25) is 0 Å². The molecule has 14 aromatic rings. The molecule has 0 bridgehead atoms. The number of hydrogen-bond donors (Lipinski definition) is 0. The number of pyridine rings is 1. The van der Waals surface area contributed by atoms with E-state index in [-0.39, 0.29) is 10.8 Å². The molecular weight excluding hydrogens is 1330 g/mol. The summed E-state index contributed by atoms with van der Waals surface area (Å²) in [7, 11) is 0. The van der Waals surface area contributed by atoms with E-state index >= 15 is 0 Å². The molecule has 12 aromatic carbocycles. The fraction of sp³-hybridized carbons (Fsp3) is 0.103. The molecule has 0 fully saturated rings. The van der Waals surface area contributed by atoms with E-state index in [0.29, 0.717) is 11.5 Å². The second kappa shape index (κ2) is 23.2. The van der Waals surface area contributed by atoms with Crippen LogP contribution in [0.4, 0.5) is 34.3 Å². The van der Waals surface area contributed by atoms with Crippen molar-refractivity contribution in [1.29, 1.82) is 0 Å². The van der Waals surface area contributed by atoms with Crippen molar-refractivity contribution in [3.05, 3.63) is 347 Å². The van der Waals surface area contributed by atoms with E-state index in [0.717, 1.165) is 133 Å². The summed E-state index contributed by atoms with van der Waals surface area (Å²) in [5.74, 6) is 1.91. The molecular formula is C87H67N5OPt-2. The van der Waals surface area contributed by atoms with Crippen molar-refractivity contribution in [3.63, 3.8) is 0 Å². The molecule has 7 heteroatoms. The summed E-state index contributed by atoms with van der Waals surface area (Å²) in [4.78, 5) is 10.1. The third kappa shape index (κ3) is 9.90. The molecule has 0 atom stereocenters. The Morgan fingerprint density at radius 2 is 0.894 bits per heavy atom. The van der Waals surface area contributed by atoms with Gasteiger partial charge < -0.3 is 4.90 Å². The molecule has 0 aliphatic carbocycles. The van der Waals surface area contributed by atoms with Crippen molar-refractivity contribution in [1.82, 2.24) is 14.1 Å². The van der Waals surface area contributed by atoms with Crippen LogP contribution >= 0.6 is 0 Å². The van der Waals surface area contributed by atoms with Crippen LogP contribution in [0.1, 0.15) is 74.9 Å². The van der Waals surface area contributed by atoms with Gasteiger partial charge in [0.05, 0.1) is 0 Å². The Balaban J connectivity index is 0.945. The van der Waals surface area contributed by atoms with Gasteiger partial charge in [-0.2, -0.15) is 0 Å². The Labute approximate surface area is 561 Å². The third-order valence-electron chi connectivity index (χ3n) is 18.7. The quantitative estimate of drug-likeness (QED) is 0.128. The number of anilines is 6. The molecule has 0 radical (unpaired) electrons. The Morgan fingerprint density at radius 3 is 1.47 bits per heavy atom. The summed E-state index contributed by atoms with van der Waals surface area (Å²) in [6.45, 7) is 13.6. The standard InChI is InChI=1S/C87H67N5O.Pt/c1-85(2,3)65-49-50-88-83(55-65)92-77-40-23-22-39-73(77)87(75-51-63(59-27-12-7-13-28-59)43-47-78(75)91(67-35-20-11-21-36-67)79-48-44-64(52-76(79)87)60-29-14-8-15-30-60)74-46-45-69(57-82(74)92)93-70-54-66(86(4,5)6)53-68(56-70)89-58-90(81-42-25-24-41-80(81)89)84-71(61-31-16-9-17-32-61)37-26-38-72(84)62-33-18-10-19-34-62;/h7-55H,1-6H3;/q-2;. The molecule has 6 nitrogen and oxygen atoms in total. The van der Waals surface area contributed by atoms with Crippen LogP contribution in [-0.2, 0) is 35.6 Å². The van der Waals surface area contributed by atoms with Gasteiger partial charge in [-0.05, 0) is 75.7 Å². The van der Waals surface area contributed by atoms with E-state index in [1.165, 1.54) is 5.56 Å². The van der Waals surface area contributed by atoms with Gasteiger partial charge in [-0.1, -0.05) is 130 Å². The van der Waals surface area contributed by atoms with E-state index in [4.69, 9.17) is 9.72 Å². The molecule has 0 unspecified atom stereocenters. The SMILES string of the molecule is CC(C)(C)c1cc(Oc2[c-]c3c(cc2)C2(c4ccccc4N3c3cc(C(C)(C)C)ccn3)c3cc(-c4ccccc4)ccc3N(c3ccccc3)c3ccc(-c4ccccc4)cc32)[c-]c(-n2[c](=[Pt])n(-c3c(-c4ccccc4)cccc3-c3ccccc3)c3ccccc32)c1. The molecule has 0 amide bonds. The van der Waals surface area contributed by atoms with Crippen molar-refractivity contribution in [3.8, 4) is 67.4 Å². The first-order valence-electron chi connectivity index (χ1n) is 32.2. The van der Waals surface area contributed by atoms with Crippen molar-refractivity contribution in [2.24, 2.45) is 0 Å². The van der Waals surface area contributed by atoms with Gasteiger partial charge >= 0.3 is 331 Å². The summed E-state index contributed by atoms with van der Waals surface area (Å²) in [6, 6.07) is 114. The minimum atomic E-state index is -0.933. The van der Waals surface area contributed by atoms with Crippen LogP contribution in [-0.4, -0.2) is 14.1 Å². The first kappa shape index (κ1) is 58.4. The zero-order chi connectivity index (χ0) is 63.9. The van der Waals surface area contributed by atoms with Crippen LogP contribution < -0.4 is 14.5 Å². The fourth-order valence-electron chi connectivity index (χ4n) is 14.2. The average Bonchev–Trinajstić information content (AvgIpc) is 0.740. The number of rotatable bonds is 10. The molecule has 0 N–H and O–H groups in total. The molecule has 458 valence electrons. The molecule has 2 aliphatic heterocycles. The second-order valence-corrected chi connectivity index (χ2v) is 27.5. The number of para-hydroxylation sites is 5. The first-order valence-corrected chi connectivity index (χ1v) is 33.3. The topological polar surface area (TPSA) is 38.5 Å². The van der Waals surface area contributed by atoms with Gasteiger partial charge in [-0.25, -0.2) is 0 Å². The predicted molar refractivity (Wildman–Crippen MR) is 382 cm³/mol. The van der Waals surface area contributed by atoms with Gasteiger partial charge in [0.1, 0.15) is 0 Å². The predicted octanol–water partition coefficient (Wildman–Crippen LogP) is 22.5. The molecule has 4 heterocycles. The van der Waals surface area contributed by atoms with Gasteiger partial charge in [0.2, 0.25) is 0 Å². The van der Waals surface area contributed by atoms with Gasteiger partial charge in [0, 0.05) is 23.3 Å². The van der Waals surface area contributed by atoms with Crippen molar-refractivity contribution >= 4 is 45.3 Å². The summed E-state index contributed by atoms with van der Waals surface area (Å²) < 4.78 is 13.2. The first-order chi connectivity index (χ1) is 45.8. The van der Waals surface area contributed by atoms with E-state index in [2.05, 4.69) is 383 Å². The number of fused-ring (bicyclic) bond motifs is 9. The summed E-state index contributed by atoms with van der Waals surface area (Å²) in [6.07, 6.45) is 1.96. The average molecular weight is 1390 g/mol. The van der Waals surface area contributed by atoms with Crippen LogP contribution in [0.15, 0.2) is 297 Å². The van der Waals surface area contributed by atoms with Crippen molar-refractivity contribution in [2.45, 2.75) is 57.8 Å². The third-order valence-corrected chi connectivity index (χ3v) is 19.7. The number of nitrogens with zero attached hydrogens (tertiary/aromatic N) is 5. The monoisotopic (exact) mass is 1390 g/mol. The summed E-state index contributed by atoms with van der Waals surface area (Å²) in [5.41, 5.74) is 23.6. The maximum atomic E-state index is 7.44. The number of imidazole rings is 1. The van der Waals surface area contributed by atoms with Crippen LogP contribution in [0, 0.1) is 15.9 Å². The van der Waals surface area contributed by atoms with Crippen molar-refractivity contribution < 1.29 is 24.1 Å². The Kier molecular flexibility index (Phi) is 14.4. The summed E-state index contributed by atoms with van der Waals surface area (Å²) >= 11 is 2.53. The molecule has 2 aromatic heterocycles. The van der Waals surface area contributed by atoms with E-state index in [9.17, 15) is 0 Å². The molecule has 0 saturated heterocycles. The van der Waals surface area contributed by atoms with Gasteiger partial charge in [0.15, 0.2) is 0 Å². The number of aromatic nitrogens is 3. The van der Waals surface area contributed by atoms with Crippen LogP contribution in [0.5, 0.6) is 11.5 Å². The van der Waals surface area contributed by atoms with Gasteiger partial charge in [0.25, 0.3) is 0 Å². The second-order valence-electron chi connectivity index (χ2n) is 26.5. The minimum absolute atomic E-state index is 0.168. The van der Waals surface area contributed by atoms with E-state index < -0.39 is 5.41 Å². The normalized spacial score (nSPS) is 13.1. The zero-order valence-electron chi connectivity index (χ0n) is 53.3. The van der Waals surface area contributed by atoms with E-state index in [1.807, 2.05) is 6.20 Å². The Bertz CT molecular complexity index is 5130. The van der Waals surface area contributed by atoms with E-state index in [1.54, 1.807) is 0 Å². The molecule has 2 aliphatic rings. The van der Waals surface area contributed by atoms with Crippen LogP contribution in [0.25, 0.3) is 66.9 Å². The Hall–Kier alpha value is -10.7. The van der Waals surface area contributed by atoms with Gasteiger partial charge in [-0.15, -0.1) is 0 Å².